The fraction of sp³-hybridized carbons (Fsp3) is 0.105. The number of aromatic nitrogens is 2. The van der Waals surface area contributed by atoms with Gasteiger partial charge in [-0.3, -0.25) is 9.59 Å². The quantitative estimate of drug-likeness (QED) is 0.742. The van der Waals surface area contributed by atoms with Crippen LogP contribution in [-0.2, 0) is 0 Å². The average Bonchev–Trinajstić information content (AvgIpc) is 2.65. The van der Waals surface area contributed by atoms with Gasteiger partial charge in [-0.15, -0.1) is 0 Å². The number of nitrogens with one attached hydrogen (secondary N) is 1. The fourth-order valence-electron chi connectivity index (χ4n) is 2.43. The lowest BCUT2D eigenvalue weighted by molar-refractivity contribution is 0.101. The van der Waals surface area contributed by atoms with Gasteiger partial charge in [0, 0.05) is 10.7 Å². The van der Waals surface area contributed by atoms with Crippen molar-refractivity contribution in [3.05, 3.63) is 81.0 Å². The molecule has 0 radical (unpaired) electrons. The Balaban J connectivity index is 2.04. The Morgan fingerprint density at radius 3 is 2.56 bits per heavy atom. The summed E-state index contributed by atoms with van der Waals surface area (Å²) in [6.07, 6.45) is 0. The highest BCUT2D eigenvalue weighted by Crippen LogP contribution is 2.22. The summed E-state index contributed by atoms with van der Waals surface area (Å²) in [5, 5.41) is 7.28. The highest BCUT2D eigenvalue weighted by Gasteiger charge is 2.19. The van der Waals surface area contributed by atoms with E-state index in [4.69, 9.17) is 16.3 Å². The molecule has 0 spiro atoms. The van der Waals surface area contributed by atoms with Crippen molar-refractivity contribution in [1.82, 2.24) is 9.78 Å². The van der Waals surface area contributed by atoms with Crippen molar-refractivity contribution in [3.8, 4) is 11.4 Å². The monoisotopic (exact) mass is 387 g/mol. The standard InChI is InChI=1S/C19H15ClFN3O3/c1-11-3-4-12(20)9-15(11)22-19(26)18-16(27-2)10-17(25)24(23-18)14-7-5-13(21)6-8-14/h3-10H,1-2H3,(H,22,26). The second kappa shape index (κ2) is 7.59. The van der Waals surface area contributed by atoms with Gasteiger partial charge in [-0.05, 0) is 48.9 Å². The maximum Gasteiger partial charge on any atom is 0.280 e. The molecule has 0 atom stereocenters. The van der Waals surface area contributed by atoms with E-state index in [-0.39, 0.29) is 11.4 Å². The van der Waals surface area contributed by atoms with Gasteiger partial charge in [0.05, 0.1) is 18.9 Å². The predicted molar refractivity (Wildman–Crippen MR) is 100 cm³/mol. The van der Waals surface area contributed by atoms with Gasteiger partial charge in [0.25, 0.3) is 11.5 Å². The lowest BCUT2D eigenvalue weighted by Crippen LogP contribution is -2.26. The summed E-state index contributed by atoms with van der Waals surface area (Å²) in [7, 11) is 1.33. The van der Waals surface area contributed by atoms with Crippen LogP contribution < -0.4 is 15.6 Å². The van der Waals surface area contributed by atoms with Crippen molar-refractivity contribution in [2.75, 3.05) is 12.4 Å². The van der Waals surface area contributed by atoms with Crippen LogP contribution in [0, 0.1) is 12.7 Å². The number of ether oxygens (including phenoxy) is 1. The molecule has 1 N–H and O–H groups in total. The van der Waals surface area contributed by atoms with Gasteiger partial charge < -0.3 is 10.1 Å². The first-order valence-electron chi connectivity index (χ1n) is 7.91. The summed E-state index contributed by atoms with van der Waals surface area (Å²) >= 11 is 5.98. The number of aryl methyl sites for hydroxylation is 1. The first-order chi connectivity index (χ1) is 12.9. The molecule has 2 aromatic carbocycles. The third-order valence-corrected chi connectivity index (χ3v) is 4.09. The zero-order valence-corrected chi connectivity index (χ0v) is 15.2. The molecule has 8 heteroatoms. The molecule has 0 saturated carbocycles. The predicted octanol–water partition coefficient (Wildman–Crippen LogP) is 3.59. The number of rotatable bonds is 4. The van der Waals surface area contributed by atoms with Crippen molar-refractivity contribution < 1.29 is 13.9 Å². The van der Waals surface area contributed by atoms with Crippen LogP contribution in [0.5, 0.6) is 5.75 Å². The molecule has 1 amide bonds. The molecule has 0 fully saturated rings. The minimum atomic E-state index is -0.576. The minimum Gasteiger partial charge on any atom is -0.494 e. The van der Waals surface area contributed by atoms with Crippen LogP contribution in [0.1, 0.15) is 16.1 Å². The van der Waals surface area contributed by atoms with Crippen molar-refractivity contribution >= 4 is 23.2 Å². The van der Waals surface area contributed by atoms with E-state index in [1.165, 1.54) is 31.4 Å². The van der Waals surface area contributed by atoms with Gasteiger partial charge in [0.2, 0.25) is 0 Å². The average molecular weight is 388 g/mol. The van der Waals surface area contributed by atoms with Gasteiger partial charge >= 0.3 is 0 Å². The summed E-state index contributed by atoms with van der Waals surface area (Å²) in [5.74, 6) is -1.00. The van der Waals surface area contributed by atoms with Gasteiger partial charge in [-0.2, -0.15) is 9.78 Å². The molecule has 0 saturated heterocycles. The molecule has 3 rings (SSSR count). The molecular weight excluding hydrogens is 373 g/mol. The van der Waals surface area contributed by atoms with Gasteiger partial charge in [0.15, 0.2) is 11.4 Å². The number of hydrogen-bond donors (Lipinski definition) is 1. The molecule has 0 aliphatic carbocycles. The highest BCUT2D eigenvalue weighted by atomic mass is 35.5. The number of carbonyl (C=O) groups excluding carboxylic acids is 1. The van der Waals surface area contributed by atoms with Crippen LogP contribution >= 0.6 is 11.6 Å². The second-order valence-corrected chi connectivity index (χ2v) is 6.14. The third kappa shape index (κ3) is 3.98. The van der Waals surface area contributed by atoms with Crippen molar-refractivity contribution in [2.24, 2.45) is 0 Å². The Hall–Kier alpha value is -3.19. The van der Waals surface area contributed by atoms with Gasteiger partial charge in [-0.25, -0.2) is 4.39 Å². The van der Waals surface area contributed by atoms with Gasteiger partial charge in [0.1, 0.15) is 5.82 Å². The zero-order chi connectivity index (χ0) is 19.6. The Labute approximate surface area is 159 Å². The Bertz CT molecular complexity index is 1060. The first kappa shape index (κ1) is 18.6. The first-order valence-corrected chi connectivity index (χ1v) is 8.28. The van der Waals surface area contributed by atoms with Gasteiger partial charge in [-0.1, -0.05) is 17.7 Å². The molecule has 0 unspecified atom stereocenters. The lowest BCUT2D eigenvalue weighted by Gasteiger charge is -2.12. The van der Waals surface area contributed by atoms with E-state index in [0.29, 0.717) is 16.4 Å². The molecule has 0 aliphatic rings. The molecular formula is C19H15ClFN3O3. The van der Waals surface area contributed by atoms with Crippen LogP contribution in [0.3, 0.4) is 0 Å². The second-order valence-electron chi connectivity index (χ2n) is 5.70. The largest absolute Gasteiger partial charge is 0.494 e. The smallest absolute Gasteiger partial charge is 0.280 e. The molecule has 0 bridgehead atoms. The maximum absolute atomic E-state index is 13.1. The number of benzene rings is 2. The number of hydrogen-bond acceptors (Lipinski definition) is 4. The van der Waals surface area contributed by atoms with Crippen LogP contribution in [0.25, 0.3) is 5.69 Å². The minimum absolute atomic E-state index is 0.0237. The maximum atomic E-state index is 13.1. The van der Waals surface area contributed by atoms with Crippen molar-refractivity contribution in [1.29, 1.82) is 0 Å². The van der Waals surface area contributed by atoms with Crippen LogP contribution in [-0.4, -0.2) is 22.8 Å². The summed E-state index contributed by atoms with van der Waals surface area (Å²) in [4.78, 5) is 25.0. The normalized spacial score (nSPS) is 10.5. The molecule has 1 aromatic heterocycles. The van der Waals surface area contributed by atoms with Crippen LogP contribution in [0.4, 0.5) is 10.1 Å². The number of carbonyl (C=O) groups is 1. The summed E-state index contributed by atoms with van der Waals surface area (Å²) in [5.41, 5.74) is 1.02. The highest BCUT2D eigenvalue weighted by molar-refractivity contribution is 6.31. The number of anilines is 1. The van der Waals surface area contributed by atoms with E-state index in [9.17, 15) is 14.0 Å². The van der Waals surface area contributed by atoms with E-state index >= 15 is 0 Å². The molecule has 6 nitrogen and oxygen atoms in total. The van der Waals surface area contributed by atoms with Crippen LogP contribution in [0.2, 0.25) is 5.02 Å². The Morgan fingerprint density at radius 2 is 1.89 bits per heavy atom. The molecule has 27 heavy (non-hydrogen) atoms. The van der Waals surface area contributed by atoms with E-state index in [0.717, 1.165) is 16.3 Å². The summed E-state index contributed by atoms with van der Waals surface area (Å²) < 4.78 is 19.3. The SMILES string of the molecule is COc1cc(=O)n(-c2ccc(F)cc2)nc1C(=O)Nc1cc(Cl)ccc1C. The van der Waals surface area contributed by atoms with E-state index in [1.807, 2.05) is 6.92 Å². The molecule has 0 aliphatic heterocycles. The fourth-order valence-corrected chi connectivity index (χ4v) is 2.60. The van der Waals surface area contributed by atoms with E-state index < -0.39 is 17.3 Å². The van der Waals surface area contributed by atoms with E-state index in [1.54, 1.807) is 18.2 Å². The number of amides is 1. The molecule has 138 valence electrons. The third-order valence-electron chi connectivity index (χ3n) is 3.85. The zero-order valence-electron chi connectivity index (χ0n) is 14.5. The number of halogens is 2. The van der Waals surface area contributed by atoms with Crippen molar-refractivity contribution in [2.45, 2.75) is 6.92 Å². The van der Waals surface area contributed by atoms with Crippen LogP contribution in [0.15, 0.2) is 53.3 Å². The Kier molecular flexibility index (Phi) is 5.23. The number of methoxy groups -OCH3 is 1. The van der Waals surface area contributed by atoms with Crippen molar-refractivity contribution in [3.63, 3.8) is 0 Å². The molecule has 1 heterocycles. The lowest BCUT2D eigenvalue weighted by atomic mass is 10.2. The molecule has 3 aromatic rings. The summed E-state index contributed by atoms with van der Waals surface area (Å²) in [6.45, 7) is 1.82. The Morgan fingerprint density at radius 1 is 1.19 bits per heavy atom. The number of nitrogens with zero attached hydrogens (tertiary/aromatic N) is 2. The van der Waals surface area contributed by atoms with E-state index in [2.05, 4.69) is 10.4 Å². The topological polar surface area (TPSA) is 73.2 Å². The summed E-state index contributed by atoms with van der Waals surface area (Å²) in [6, 6.07) is 11.4.